The Morgan fingerprint density at radius 2 is 1.65 bits per heavy atom. The van der Waals surface area contributed by atoms with Crippen LogP contribution in [0.1, 0.15) is 5.56 Å². The lowest BCUT2D eigenvalue weighted by atomic mass is 10.1. The Kier molecular flexibility index (Phi) is 5.81. The molecule has 0 atom stereocenters. The normalized spacial score (nSPS) is 10.8. The third-order valence-electron chi connectivity index (χ3n) is 4.05. The Balaban J connectivity index is 1.90. The quantitative estimate of drug-likeness (QED) is 0.672. The molecule has 5 nitrogen and oxygen atoms in total. The molecule has 0 aliphatic rings. The molecule has 0 bridgehead atoms. The fraction of sp³-hybridized carbons (Fsp3) is 0.238. The maximum atomic E-state index is 4.71. The molecule has 1 aromatic heterocycles. The smallest absolute Gasteiger partial charge is 0.229 e. The van der Waals surface area contributed by atoms with Crippen LogP contribution >= 0.6 is 0 Å². The molecule has 134 valence electrons. The summed E-state index contributed by atoms with van der Waals surface area (Å²) in [6, 6.07) is 20.3. The number of aryl methyl sites for hydroxylation is 1. The number of nitrogens with one attached hydrogen (secondary N) is 2. The zero-order valence-electron chi connectivity index (χ0n) is 15.5. The van der Waals surface area contributed by atoms with Crippen LogP contribution < -0.4 is 10.6 Å². The second-order valence-corrected chi connectivity index (χ2v) is 6.50. The average Bonchev–Trinajstić information content (AvgIpc) is 2.64. The van der Waals surface area contributed by atoms with Crippen molar-refractivity contribution in [3.05, 3.63) is 66.2 Å². The van der Waals surface area contributed by atoms with Crippen LogP contribution in [0.2, 0.25) is 0 Å². The predicted molar refractivity (Wildman–Crippen MR) is 109 cm³/mol. The lowest BCUT2D eigenvalue weighted by molar-refractivity contribution is 0.425. The summed E-state index contributed by atoms with van der Waals surface area (Å²) in [6.45, 7) is 3.83. The van der Waals surface area contributed by atoms with Gasteiger partial charge in [-0.2, -0.15) is 4.98 Å². The van der Waals surface area contributed by atoms with Gasteiger partial charge in [0.05, 0.1) is 5.69 Å². The average molecular weight is 347 g/mol. The summed E-state index contributed by atoms with van der Waals surface area (Å²) >= 11 is 0. The largest absolute Gasteiger partial charge is 0.369 e. The fourth-order valence-electron chi connectivity index (χ4n) is 2.59. The van der Waals surface area contributed by atoms with E-state index in [2.05, 4.69) is 59.7 Å². The number of hydrogen-bond acceptors (Lipinski definition) is 5. The van der Waals surface area contributed by atoms with E-state index in [4.69, 9.17) is 4.98 Å². The van der Waals surface area contributed by atoms with Crippen LogP contribution in [0.25, 0.3) is 11.3 Å². The van der Waals surface area contributed by atoms with Crippen LogP contribution in [0.15, 0.2) is 60.7 Å². The maximum absolute atomic E-state index is 4.71. The summed E-state index contributed by atoms with van der Waals surface area (Å²) in [4.78, 5) is 11.5. The van der Waals surface area contributed by atoms with Gasteiger partial charge in [-0.15, -0.1) is 0 Å². The van der Waals surface area contributed by atoms with E-state index in [0.717, 1.165) is 41.4 Å². The highest BCUT2D eigenvalue weighted by Crippen LogP contribution is 2.24. The third kappa shape index (κ3) is 4.80. The molecule has 1 heterocycles. The monoisotopic (exact) mass is 347 g/mol. The van der Waals surface area contributed by atoms with Gasteiger partial charge >= 0.3 is 0 Å². The van der Waals surface area contributed by atoms with Crippen LogP contribution in [-0.4, -0.2) is 42.1 Å². The van der Waals surface area contributed by atoms with Crippen molar-refractivity contribution >= 4 is 17.5 Å². The number of hydrogen-bond donors (Lipinski definition) is 2. The van der Waals surface area contributed by atoms with E-state index in [1.165, 1.54) is 0 Å². The standard InChI is InChI=1S/C21H25N5/c1-16-9-7-8-12-18(16)23-21-24-19(17-10-5-4-6-11-17)15-20(25-21)22-13-14-26(2)3/h4-12,15H,13-14H2,1-3H3,(H2,22,23,24,25). The first-order valence-corrected chi connectivity index (χ1v) is 8.77. The topological polar surface area (TPSA) is 53.1 Å². The summed E-state index contributed by atoms with van der Waals surface area (Å²) < 4.78 is 0. The van der Waals surface area contributed by atoms with Crippen LogP contribution in [0, 0.1) is 6.92 Å². The highest BCUT2D eigenvalue weighted by molar-refractivity contribution is 5.67. The third-order valence-corrected chi connectivity index (χ3v) is 4.05. The van der Waals surface area contributed by atoms with Gasteiger partial charge in [-0.05, 0) is 32.6 Å². The molecule has 3 aromatic rings. The Bertz CT molecular complexity index is 846. The van der Waals surface area contributed by atoms with Gasteiger partial charge in [0, 0.05) is 30.4 Å². The summed E-state index contributed by atoms with van der Waals surface area (Å²) in [5.74, 6) is 1.41. The Morgan fingerprint density at radius 3 is 2.38 bits per heavy atom. The van der Waals surface area contributed by atoms with Crippen molar-refractivity contribution in [2.75, 3.05) is 37.8 Å². The number of likely N-dealkylation sites (N-methyl/N-ethyl adjacent to an activating group) is 1. The molecule has 0 unspecified atom stereocenters. The highest BCUT2D eigenvalue weighted by Gasteiger charge is 2.08. The van der Waals surface area contributed by atoms with Crippen LogP contribution in [-0.2, 0) is 0 Å². The molecule has 3 rings (SSSR count). The predicted octanol–water partition coefficient (Wildman–Crippen LogP) is 4.17. The Hall–Kier alpha value is -2.92. The van der Waals surface area contributed by atoms with E-state index in [1.54, 1.807) is 0 Å². The van der Waals surface area contributed by atoms with Crippen molar-refractivity contribution in [3.63, 3.8) is 0 Å². The van der Waals surface area contributed by atoms with Gasteiger partial charge in [0.1, 0.15) is 5.82 Å². The van der Waals surface area contributed by atoms with Crippen molar-refractivity contribution < 1.29 is 0 Å². The zero-order chi connectivity index (χ0) is 18.4. The molecule has 0 fully saturated rings. The summed E-state index contributed by atoms with van der Waals surface area (Å²) in [7, 11) is 4.12. The minimum absolute atomic E-state index is 0.591. The first-order chi connectivity index (χ1) is 12.6. The summed E-state index contributed by atoms with van der Waals surface area (Å²) in [6.07, 6.45) is 0. The minimum Gasteiger partial charge on any atom is -0.369 e. The summed E-state index contributed by atoms with van der Waals surface area (Å²) in [5, 5.41) is 6.74. The van der Waals surface area contributed by atoms with Crippen LogP contribution in [0.3, 0.4) is 0 Å². The van der Waals surface area contributed by atoms with Crippen molar-refractivity contribution in [3.8, 4) is 11.3 Å². The van der Waals surface area contributed by atoms with Crippen molar-refractivity contribution in [2.45, 2.75) is 6.92 Å². The van der Waals surface area contributed by atoms with Gasteiger partial charge in [-0.3, -0.25) is 0 Å². The van der Waals surface area contributed by atoms with Gasteiger partial charge < -0.3 is 15.5 Å². The molecule has 0 amide bonds. The second-order valence-electron chi connectivity index (χ2n) is 6.50. The number of nitrogens with zero attached hydrogens (tertiary/aromatic N) is 3. The molecule has 0 aliphatic carbocycles. The lowest BCUT2D eigenvalue weighted by Gasteiger charge is -2.14. The number of aromatic nitrogens is 2. The first kappa shape index (κ1) is 17.9. The van der Waals surface area contributed by atoms with Gasteiger partial charge in [-0.1, -0.05) is 48.5 Å². The Morgan fingerprint density at radius 1 is 0.923 bits per heavy atom. The molecular weight excluding hydrogens is 322 g/mol. The molecule has 0 aliphatic heterocycles. The number of rotatable bonds is 7. The van der Waals surface area contributed by atoms with Crippen LogP contribution in [0.4, 0.5) is 17.5 Å². The first-order valence-electron chi connectivity index (χ1n) is 8.77. The van der Waals surface area contributed by atoms with Crippen molar-refractivity contribution in [1.82, 2.24) is 14.9 Å². The van der Waals surface area contributed by atoms with Gasteiger partial charge in [0.2, 0.25) is 5.95 Å². The molecule has 0 spiro atoms. The van der Waals surface area contributed by atoms with Crippen LogP contribution in [0.5, 0.6) is 0 Å². The molecule has 26 heavy (non-hydrogen) atoms. The Labute approximate surface area is 155 Å². The number of para-hydroxylation sites is 1. The second kappa shape index (κ2) is 8.45. The van der Waals surface area contributed by atoms with Gasteiger partial charge in [0.25, 0.3) is 0 Å². The van der Waals surface area contributed by atoms with E-state index in [9.17, 15) is 0 Å². The van der Waals surface area contributed by atoms with E-state index in [1.807, 2.05) is 42.5 Å². The maximum Gasteiger partial charge on any atom is 0.229 e. The minimum atomic E-state index is 0.591. The summed E-state index contributed by atoms with van der Waals surface area (Å²) in [5.41, 5.74) is 4.13. The van der Waals surface area contributed by atoms with E-state index in [-0.39, 0.29) is 0 Å². The van der Waals surface area contributed by atoms with E-state index >= 15 is 0 Å². The zero-order valence-corrected chi connectivity index (χ0v) is 15.5. The van der Waals surface area contributed by atoms with Gasteiger partial charge in [0.15, 0.2) is 0 Å². The lowest BCUT2D eigenvalue weighted by Crippen LogP contribution is -2.21. The number of benzene rings is 2. The van der Waals surface area contributed by atoms with E-state index < -0.39 is 0 Å². The molecule has 5 heteroatoms. The van der Waals surface area contributed by atoms with E-state index in [0.29, 0.717) is 5.95 Å². The fourth-order valence-corrected chi connectivity index (χ4v) is 2.59. The SMILES string of the molecule is Cc1ccccc1Nc1nc(NCCN(C)C)cc(-c2ccccc2)n1. The molecule has 2 aromatic carbocycles. The highest BCUT2D eigenvalue weighted by atomic mass is 15.2. The molecular formula is C21H25N5. The van der Waals surface area contributed by atoms with Gasteiger partial charge in [-0.25, -0.2) is 4.98 Å². The molecule has 0 saturated heterocycles. The van der Waals surface area contributed by atoms with Crippen molar-refractivity contribution in [2.24, 2.45) is 0 Å². The molecule has 0 radical (unpaired) electrons. The number of anilines is 3. The molecule has 0 saturated carbocycles. The molecule has 2 N–H and O–H groups in total. The van der Waals surface area contributed by atoms with Crippen molar-refractivity contribution in [1.29, 1.82) is 0 Å².